The molecular formula is C17H12O2. The molecule has 0 amide bonds. The Balaban J connectivity index is 2.12. The van der Waals surface area contributed by atoms with Crippen molar-refractivity contribution in [2.75, 3.05) is 0 Å². The van der Waals surface area contributed by atoms with Gasteiger partial charge in [0.25, 0.3) is 0 Å². The van der Waals surface area contributed by atoms with Gasteiger partial charge in [-0.25, -0.2) is 0 Å². The van der Waals surface area contributed by atoms with Crippen molar-refractivity contribution in [2.24, 2.45) is 0 Å². The van der Waals surface area contributed by atoms with E-state index in [2.05, 4.69) is 12.1 Å². The minimum atomic E-state index is 0.836. The minimum Gasteiger partial charge on any atom is -0.461 e. The Labute approximate surface area is 111 Å². The van der Waals surface area contributed by atoms with E-state index in [1.165, 1.54) is 0 Å². The Hall–Kier alpha value is -2.48. The number of para-hydroxylation sites is 2. The van der Waals surface area contributed by atoms with Crippen LogP contribution in [0.1, 0.15) is 5.76 Å². The lowest BCUT2D eigenvalue weighted by Gasteiger charge is -2.07. The SMILES string of the molecule is Cc1cc2c(o1)-c1ccccc1Oc1ccccc1-2. The van der Waals surface area contributed by atoms with Crippen molar-refractivity contribution in [2.45, 2.75) is 6.92 Å². The monoisotopic (exact) mass is 248 g/mol. The lowest BCUT2D eigenvalue weighted by molar-refractivity contribution is 0.484. The highest BCUT2D eigenvalue weighted by Crippen LogP contribution is 2.47. The van der Waals surface area contributed by atoms with E-state index in [9.17, 15) is 0 Å². The van der Waals surface area contributed by atoms with Crippen molar-refractivity contribution in [3.8, 4) is 33.9 Å². The molecule has 1 aromatic heterocycles. The fourth-order valence-electron chi connectivity index (χ4n) is 2.55. The van der Waals surface area contributed by atoms with Crippen LogP contribution in [0.15, 0.2) is 59.0 Å². The number of hydrogen-bond acceptors (Lipinski definition) is 2. The predicted octanol–water partition coefficient (Wildman–Crippen LogP) is 5.03. The third kappa shape index (κ3) is 1.50. The summed E-state index contributed by atoms with van der Waals surface area (Å²) in [6.45, 7) is 1.97. The van der Waals surface area contributed by atoms with E-state index in [1.54, 1.807) is 0 Å². The van der Waals surface area contributed by atoms with Crippen LogP contribution in [0, 0.1) is 6.92 Å². The molecule has 0 saturated carbocycles. The average molecular weight is 248 g/mol. The van der Waals surface area contributed by atoms with Crippen molar-refractivity contribution < 1.29 is 9.15 Å². The maximum atomic E-state index is 6.02. The molecule has 0 unspecified atom stereocenters. The summed E-state index contributed by atoms with van der Waals surface area (Å²) in [7, 11) is 0. The van der Waals surface area contributed by atoms with Crippen LogP contribution in [0.5, 0.6) is 11.5 Å². The fourth-order valence-corrected chi connectivity index (χ4v) is 2.55. The molecule has 2 heteroatoms. The van der Waals surface area contributed by atoms with Gasteiger partial charge in [-0.05, 0) is 31.2 Å². The molecule has 0 saturated heterocycles. The van der Waals surface area contributed by atoms with Gasteiger partial charge in [0.1, 0.15) is 23.0 Å². The van der Waals surface area contributed by atoms with E-state index in [0.29, 0.717) is 0 Å². The van der Waals surface area contributed by atoms with Crippen molar-refractivity contribution in [1.82, 2.24) is 0 Å². The number of benzene rings is 2. The van der Waals surface area contributed by atoms with Crippen LogP contribution in [0.25, 0.3) is 22.5 Å². The summed E-state index contributed by atoms with van der Waals surface area (Å²) in [6, 6.07) is 18.1. The van der Waals surface area contributed by atoms with Gasteiger partial charge in [0.05, 0.1) is 5.56 Å². The van der Waals surface area contributed by atoms with Gasteiger partial charge in [0, 0.05) is 11.1 Å². The predicted molar refractivity (Wildman–Crippen MR) is 74.4 cm³/mol. The lowest BCUT2D eigenvalue weighted by atomic mass is 10.0. The second kappa shape index (κ2) is 3.75. The molecule has 0 N–H and O–H groups in total. The zero-order chi connectivity index (χ0) is 12.8. The number of ether oxygens (including phenoxy) is 1. The maximum Gasteiger partial charge on any atom is 0.145 e. The highest BCUT2D eigenvalue weighted by atomic mass is 16.5. The van der Waals surface area contributed by atoms with Crippen LogP contribution in [-0.2, 0) is 0 Å². The average Bonchev–Trinajstić information content (AvgIpc) is 2.76. The maximum absolute atomic E-state index is 6.02. The van der Waals surface area contributed by atoms with Crippen LogP contribution in [0.3, 0.4) is 0 Å². The van der Waals surface area contributed by atoms with Gasteiger partial charge < -0.3 is 9.15 Å². The summed E-state index contributed by atoms with van der Waals surface area (Å²) in [5, 5.41) is 0. The molecule has 0 bridgehead atoms. The first kappa shape index (κ1) is 10.4. The Bertz CT molecular complexity index is 705. The molecular weight excluding hydrogens is 236 g/mol. The second-order valence-corrected chi connectivity index (χ2v) is 4.69. The molecule has 0 fully saturated rings. The second-order valence-electron chi connectivity index (χ2n) is 4.69. The lowest BCUT2D eigenvalue weighted by Crippen LogP contribution is -1.85. The highest BCUT2D eigenvalue weighted by molar-refractivity contribution is 5.87. The molecule has 92 valence electrons. The molecule has 2 heterocycles. The van der Waals surface area contributed by atoms with Crippen molar-refractivity contribution in [3.05, 3.63) is 60.4 Å². The van der Waals surface area contributed by atoms with Gasteiger partial charge in [-0.15, -0.1) is 0 Å². The first-order chi connectivity index (χ1) is 9.33. The van der Waals surface area contributed by atoms with Gasteiger partial charge >= 0.3 is 0 Å². The van der Waals surface area contributed by atoms with Gasteiger partial charge in [-0.1, -0.05) is 30.3 Å². The van der Waals surface area contributed by atoms with Crippen LogP contribution >= 0.6 is 0 Å². The number of hydrogen-bond donors (Lipinski definition) is 0. The molecule has 2 nitrogen and oxygen atoms in total. The Morgan fingerprint density at radius 1 is 0.737 bits per heavy atom. The summed E-state index contributed by atoms with van der Waals surface area (Å²) in [6.07, 6.45) is 0. The van der Waals surface area contributed by atoms with E-state index in [-0.39, 0.29) is 0 Å². The van der Waals surface area contributed by atoms with E-state index in [0.717, 1.165) is 39.7 Å². The summed E-state index contributed by atoms with van der Waals surface area (Å²) < 4.78 is 11.9. The third-order valence-corrected chi connectivity index (χ3v) is 3.38. The number of aryl methyl sites for hydroxylation is 1. The summed E-state index contributed by atoms with van der Waals surface area (Å²) in [5.74, 6) is 3.51. The van der Waals surface area contributed by atoms with Gasteiger partial charge in [0.2, 0.25) is 0 Å². The van der Waals surface area contributed by atoms with Gasteiger partial charge in [0.15, 0.2) is 0 Å². The molecule has 0 atom stereocenters. The summed E-state index contributed by atoms with van der Waals surface area (Å²) >= 11 is 0. The first-order valence-electron chi connectivity index (χ1n) is 6.30. The molecule has 1 aliphatic heterocycles. The normalized spacial score (nSPS) is 11.8. The molecule has 0 radical (unpaired) electrons. The van der Waals surface area contributed by atoms with Gasteiger partial charge in [-0.3, -0.25) is 0 Å². The highest BCUT2D eigenvalue weighted by Gasteiger charge is 2.23. The van der Waals surface area contributed by atoms with Crippen LogP contribution < -0.4 is 4.74 Å². The van der Waals surface area contributed by atoms with Crippen molar-refractivity contribution >= 4 is 0 Å². The number of fused-ring (bicyclic) bond motifs is 5. The van der Waals surface area contributed by atoms with E-state index >= 15 is 0 Å². The molecule has 2 aromatic carbocycles. The summed E-state index contributed by atoms with van der Waals surface area (Å²) in [4.78, 5) is 0. The fraction of sp³-hybridized carbons (Fsp3) is 0.0588. The van der Waals surface area contributed by atoms with Crippen LogP contribution in [0.4, 0.5) is 0 Å². The number of furan rings is 1. The Morgan fingerprint density at radius 3 is 2.16 bits per heavy atom. The molecule has 1 aliphatic rings. The quantitative estimate of drug-likeness (QED) is 0.435. The van der Waals surface area contributed by atoms with Crippen molar-refractivity contribution in [3.63, 3.8) is 0 Å². The molecule has 19 heavy (non-hydrogen) atoms. The molecule has 3 aromatic rings. The standard InChI is InChI=1S/C17H12O2/c1-11-10-14-12-6-2-4-8-15(12)19-16-9-5-3-7-13(16)17(14)18-11/h2-10H,1H3. The third-order valence-electron chi connectivity index (χ3n) is 3.38. The van der Waals surface area contributed by atoms with E-state index in [4.69, 9.17) is 9.15 Å². The Morgan fingerprint density at radius 2 is 1.37 bits per heavy atom. The number of rotatable bonds is 0. The van der Waals surface area contributed by atoms with Crippen molar-refractivity contribution in [1.29, 1.82) is 0 Å². The van der Waals surface area contributed by atoms with Crippen LogP contribution in [-0.4, -0.2) is 0 Å². The van der Waals surface area contributed by atoms with Gasteiger partial charge in [-0.2, -0.15) is 0 Å². The zero-order valence-electron chi connectivity index (χ0n) is 10.5. The minimum absolute atomic E-state index is 0.836. The van der Waals surface area contributed by atoms with Crippen LogP contribution in [0.2, 0.25) is 0 Å². The smallest absolute Gasteiger partial charge is 0.145 e. The molecule has 0 spiro atoms. The zero-order valence-corrected chi connectivity index (χ0v) is 10.5. The Kier molecular flexibility index (Phi) is 2.06. The molecule has 0 aliphatic carbocycles. The summed E-state index contributed by atoms with van der Waals surface area (Å²) in [5.41, 5.74) is 3.17. The topological polar surface area (TPSA) is 22.4 Å². The largest absolute Gasteiger partial charge is 0.461 e. The first-order valence-corrected chi connectivity index (χ1v) is 6.30. The van der Waals surface area contributed by atoms with E-state index in [1.807, 2.05) is 49.4 Å². The molecule has 4 rings (SSSR count). The van der Waals surface area contributed by atoms with E-state index < -0.39 is 0 Å².